The van der Waals surface area contributed by atoms with Crippen molar-refractivity contribution in [3.05, 3.63) is 22.0 Å². The summed E-state index contributed by atoms with van der Waals surface area (Å²) in [4.78, 5) is 44.5. The van der Waals surface area contributed by atoms with Gasteiger partial charge in [0, 0.05) is 5.92 Å². The van der Waals surface area contributed by atoms with Gasteiger partial charge in [0.15, 0.2) is 0 Å². The van der Waals surface area contributed by atoms with Crippen LogP contribution in [0.4, 0.5) is 0 Å². The van der Waals surface area contributed by atoms with Gasteiger partial charge in [-0.05, 0) is 104 Å². The van der Waals surface area contributed by atoms with Crippen molar-refractivity contribution < 1.29 is 28.6 Å². The molecule has 0 saturated heterocycles. The lowest BCUT2D eigenvalue weighted by Gasteiger charge is -2.34. The van der Waals surface area contributed by atoms with Crippen molar-refractivity contribution in [1.29, 1.82) is 0 Å². The predicted octanol–water partition coefficient (Wildman–Crippen LogP) is 12.7. The fraction of sp³-hybridized carbons (Fsp3) is 0.844. The summed E-state index contributed by atoms with van der Waals surface area (Å²) < 4.78 is 17.7. The molecule has 8 unspecified atom stereocenters. The minimum Gasteiger partial charge on any atom is -0.469 e. The van der Waals surface area contributed by atoms with Crippen LogP contribution in [0, 0.1) is 41.4 Å². The van der Waals surface area contributed by atoms with Gasteiger partial charge in [0.05, 0.1) is 32.0 Å². The van der Waals surface area contributed by atoms with Gasteiger partial charge in [0.1, 0.15) is 6.10 Å². The molecule has 0 radical (unpaired) electrons. The number of carbonyl (C=O) groups is 3. The standard InChI is InChI=1S/C45H78O6S2/c1-9-13-17-19-23-27-39(52-7)33-29-30-37(41(33)35(43(46)49-5)25-21-15-11-3)45(48)51-38-32-31-34(40(53-8)28-24-20-18-14-10-2)42(38)36(44(47)50-6)26-22-16-12-4/h27-28,33-38,41-42H,9-26,29-32H2,1-8H3/b39-27+,40-28+. The maximum absolute atomic E-state index is 14.7. The molecule has 53 heavy (non-hydrogen) atoms. The molecular formula is C45H78O6S2. The second-order valence-corrected chi connectivity index (χ2v) is 17.4. The van der Waals surface area contributed by atoms with Crippen molar-refractivity contribution in [2.45, 2.75) is 175 Å². The number of hydrogen-bond donors (Lipinski definition) is 0. The lowest BCUT2D eigenvalue weighted by Crippen LogP contribution is -2.40. The fourth-order valence-electron chi connectivity index (χ4n) is 9.29. The maximum Gasteiger partial charge on any atom is 0.309 e. The van der Waals surface area contributed by atoms with E-state index in [0.29, 0.717) is 6.42 Å². The van der Waals surface area contributed by atoms with Crippen molar-refractivity contribution in [2.24, 2.45) is 41.4 Å². The van der Waals surface area contributed by atoms with E-state index in [4.69, 9.17) is 14.2 Å². The van der Waals surface area contributed by atoms with Gasteiger partial charge in [0.25, 0.3) is 0 Å². The molecule has 0 aliphatic heterocycles. The van der Waals surface area contributed by atoms with Gasteiger partial charge < -0.3 is 14.2 Å². The normalized spacial score (nSPS) is 24.6. The zero-order chi connectivity index (χ0) is 39.0. The van der Waals surface area contributed by atoms with Crippen LogP contribution in [-0.2, 0) is 28.6 Å². The van der Waals surface area contributed by atoms with Crippen LogP contribution in [-0.4, -0.2) is 50.7 Å². The van der Waals surface area contributed by atoms with Crippen LogP contribution in [0.25, 0.3) is 0 Å². The molecule has 0 aromatic heterocycles. The van der Waals surface area contributed by atoms with E-state index in [1.165, 1.54) is 69.0 Å². The molecule has 0 heterocycles. The first-order valence-electron chi connectivity index (χ1n) is 21.6. The largest absolute Gasteiger partial charge is 0.469 e. The Balaban J connectivity index is 2.51. The molecule has 6 nitrogen and oxygen atoms in total. The zero-order valence-electron chi connectivity index (χ0n) is 35.1. The average Bonchev–Trinajstić information content (AvgIpc) is 3.79. The first-order chi connectivity index (χ1) is 25.8. The number of hydrogen-bond acceptors (Lipinski definition) is 8. The van der Waals surface area contributed by atoms with Gasteiger partial charge in [-0.1, -0.05) is 117 Å². The van der Waals surface area contributed by atoms with Crippen LogP contribution in [0.5, 0.6) is 0 Å². The Hall–Kier alpha value is -1.41. The second-order valence-electron chi connectivity index (χ2n) is 15.7. The Kier molecular flexibility index (Phi) is 25.3. The molecular weight excluding hydrogens is 701 g/mol. The molecule has 306 valence electrons. The van der Waals surface area contributed by atoms with Crippen LogP contribution < -0.4 is 0 Å². The molecule has 2 rings (SSSR count). The van der Waals surface area contributed by atoms with E-state index in [9.17, 15) is 14.4 Å². The number of thioether (sulfide) groups is 2. The number of methoxy groups -OCH3 is 2. The number of carbonyl (C=O) groups excluding carboxylic acids is 3. The molecule has 0 N–H and O–H groups in total. The summed E-state index contributed by atoms with van der Waals surface area (Å²) in [5, 5.41) is 0. The SMILES string of the molecule is CCCCCC/C=C(/SC)C1CCC(OC(=O)C2CCC(/C(=C\CCCCCC)SC)C2C(CCCCC)C(=O)OC)C1C(CCCCC)C(=O)OC. The monoisotopic (exact) mass is 779 g/mol. The minimum atomic E-state index is -0.383. The average molecular weight is 779 g/mol. The van der Waals surface area contributed by atoms with E-state index in [2.05, 4.69) is 52.4 Å². The molecule has 0 bridgehead atoms. The van der Waals surface area contributed by atoms with Gasteiger partial charge in [-0.15, -0.1) is 23.5 Å². The van der Waals surface area contributed by atoms with Gasteiger partial charge in [0.2, 0.25) is 0 Å². The first kappa shape index (κ1) is 47.7. The third kappa shape index (κ3) is 15.2. The Morgan fingerprint density at radius 2 is 0.981 bits per heavy atom. The molecule has 0 aromatic carbocycles. The molecule has 0 amide bonds. The van der Waals surface area contributed by atoms with Gasteiger partial charge in [-0.3, -0.25) is 14.4 Å². The summed E-state index contributed by atoms with van der Waals surface area (Å²) in [6, 6.07) is 0. The fourth-order valence-corrected chi connectivity index (χ4v) is 11.0. The van der Waals surface area contributed by atoms with Crippen LogP contribution in [0.2, 0.25) is 0 Å². The third-order valence-corrected chi connectivity index (χ3v) is 14.0. The lowest BCUT2D eigenvalue weighted by atomic mass is 9.75. The molecule has 2 saturated carbocycles. The number of esters is 3. The predicted molar refractivity (Wildman–Crippen MR) is 226 cm³/mol. The quantitative estimate of drug-likeness (QED) is 0.0441. The highest BCUT2D eigenvalue weighted by atomic mass is 32.2. The smallest absolute Gasteiger partial charge is 0.309 e. The highest BCUT2D eigenvalue weighted by Crippen LogP contribution is 2.52. The zero-order valence-corrected chi connectivity index (χ0v) is 36.7. The molecule has 0 spiro atoms. The molecule has 0 aromatic rings. The van der Waals surface area contributed by atoms with E-state index in [-0.39, 0.29) is 65.4 Å². The van der Waals surface area contributed by atoms with Crippen molar-refractivity contribution in [3.63, 3.8) is 0 Å². The van der Waals surface area contributed by atoms with Crippen molar-refractivity contribution in [1.82, 2.24) is 0 Å². The molecule has 2 aliphatic rings. The van der Waals surface area contributed by atoms with Gasteiger partial charge in [-0.25, -0.2) is 0 Å². The summed E-state index contributed by atoms with van der Waals surface area (Å²) >= 11 is 3.57. The van der Waals surface area contributed by atoms with Crippen molar-refractivity contribution in [3.8, 4) is 0 Å². The number of ether oxygens (including phenoxy) is 3. The Bertz CT molecular complexity index is 1100. The summed E-state index contributed by atoms with van der Waals surface area (Å²) in [5.41, 5.74) is 0. The van der Waals surface area contributed by atoms with Crippen LogP contribution >= 0.6 is 23.5 Å². The van der Waals surface area contributed by atoms with E-state index in [1.807, 2.05) is 0 Å². The summed E-state index contributed by atoms with van der Waals surface area (Å²) in [6.45, 7) is 8.84. The maximum atomic E-state index is 14.7. The molecule has 8 atom stereocenters. The van der Waals surface area contributed by atoms with E-state index < -0.39 is 0 Å². The van der Waals surface area contributed by atoms with Gasteiger partial charge in [-0.2, -0.15) is 0 Å². The summed E-state index contributed by atoms with van der Waals surface area (Å²) in [5.74, 6) is -1.64. The molecule has 8 heteroatoms. The third-order valence-electron chi connectivity index (χ3n) is 12.1. The molecule has 2 aliphatic carbocycles. The van der Waals surface area contributed by atoms with Crippen molar-refractivity contribution in [2.75, 3.05) is 26.7 Å². The number of allylic oxidation sites excluding steroid dienone is 4. The first-order valence-corrected chi connectivity index (χ1v) is 24.1. The van der Waals surface area contributed by atoms with Crippen molar-refractivity contribution >= 4 is 41.4 Å². The van der Waals surface area contributed by atoms with Crippen LogP contribution in [0.1, 0.15) is 169 Å². The molecule has 2 fully saturated rings. The number of unbranched alkanes of at least 4 members (excludes halogenated alkanes) is 12. The lowest BCUT2D eigenvalue weighted by molar-refractivity contribution is -0.165. The second kappa shape index (κ2) is 28.1. The van der Waals surface area contributed by atoms with E-state index in [1.54, 1.807) is 23.5 Å². The van der Waals surface area contributed by atoms with Gasteiger partial charge >= 0.3 is 17.9 Å². The Morgan fingerprint density at radius 1 is 0.566 bits per heavy atom. The highest BCUT2D eigenvalue weighted by molar-refractivity contribution is 8.02. The number of rotatable bonds is 28. The Labute approximate surface area is 333 Å². The van der Waals surface area contributed by atoms with E-state index in [0.717, 1.165) is 89.9 Å². The van der Waals surface area contributed by atoms with E-state index >= 15 is 0 Å². The highest BCUT2D eigenvalue weighted by Gasteiger charge is 2.52. The minimum absolute atomic E-state index is 0.126. The topological polar surface area (TPSA) is 78.9 Å². The van der Waals surface area contributed by atoms with Crippen LogP contribution in [0.15, 0.2) is 22.0 Å². The van der Waals surface area contributed by atoms with Crippen LogP contribution in [0.3, 0.4) is 0 Å². The summed E-state index contributed by atoms with van der Waals surface area (Å²) in [7, 11) is 2.98. The summed E-state index contributed by atoms with van der Waals surface area (Å²) in [6.07, 6.45) is 31.2. The Morgan fingerprint density at radius 3 is 1.43 bits per heavy atom.